The second-order valence-electron chi connectivity index (χ2n) is 27.4. The number of rotatable bonds is 69. The van der Waals surface area contributed by atoms with Crippen LogP contribution in [-0.2, 0) is 112 Å². The van der Waals surface area contributed by atoms with Crippen molar-refractivity contribution in [3.8, 4) is 0 Å². The van der Waals surface area contributed by atoms with E-state index in [9.17, 15) is 93.7 Å². The highest BCUT2D eigenvalue weighted by atomic mass is 31.2. The molecule has 1 amide bonds. The maximum atomic E-state index is 13.5. The van der Waals surface area contributed by atoms with Crippen LogP contribution in [-0.4, -0.2) is 335 Å². The van der Waals surface area contributed by atoms with Crippen LogP contribution < -0.4 is 5.32 Å². The van der Waals surface area contributed by atoms with Crippen LogP contribution in [0, 0.1) is 23.2 Å². The maximum absolute atomic E-state index is 13.5. The van der Waals surface area contributed by atoms with Gasteiger partial charge in [-0.15, -0.1) is 0 Å². The Morgan fingerprint density at radius 2 is 0.725 bits per heavy atom. The van der Waals surface area contributed by atoms with Gasteiger partial charge in [0.25, 0.3) is 0 Å². The molecule has 3 saturated heterocycles. The number of hydrogen-bond acceptors (Lipinski definition) is 34. The third-order valence-corrected chi connectivity index (χ3v) is 22.3. The number of nitrogens with one attached hydrogen (secondary N) is 1. The van der Waals surface area contributed by atoms with Crippen LogP contribution in [0.5, 0.6) is 0 Å². The zero-order valence-corrected chi connectivity index (χ0v) is 67.3. The number of carbonyl (C=O) groups excluding carboxylic acids is 1. The molecule has 39 nitrogen and oxygen atoms in total. The second-order valence-corrected chi connectivity index (χ2v) is 33.8. The average Bonchev–Trinajstić information content (AvgIpc) is 0.809. The summed E-state index contributed by atoms with van der Waals surface area (Å²) in [4.78, 5) is 54.3. The molecule has 3 aliphatic rings. The number of methoxy groups -OCH3 is 1. The van der Waals surface area contributed by atoms with E-state index in [1.165, 1.54) is 6.92 Å². The summed E-state index contributed by atoms with van der Waals surface area (Å²) in [7, 11) is -16.4. The van der Waals surface area contributed by atoms with Crippen molar-refractivity contribution in [2.45, 2.75) is 216 Å². The number of carbonyl (C=O) groups is 1. The van der Waals surface area contributed by atoms with Crippen molar-refractivity contribution in [3.63, 3.8) is 0 Å². The lowest BCUT2D eigenvalue weighted by atomic mass is 9.92. The van der Waals surface area contributed by atoms with Gasteiger partial charge in [-0.25, -0.2) is 13.7 Å². The van der Waals surface area contributed by atoms with Crippen LogP contribution in [0.3, 0.4) is 0 Å². The van der Waals surface area contributed by atoms with E-state index in [4.69, 9.17) is 88.5 Å². The van der Waals surface area contributed by atoms with E-state index >= 15 is 0 Å². The van der Waals surface area contributed by atoms with Gasteiger partial charge in [0.15, 0.2) is 18.9 Å². The van der Waals surface area contributed by atoms with E-state index in [0.29, 0.717) is 103 Å². The Morgan fingerprint density at radius 3 is 1.12 bits per heavy atom. The monoisotopic (exact) mass is 1670 g/mol. The molecule has 0 aliphatic carbocycles. The third kappa shape index (κ3) is 43.9. The zero-order chi connectivity index (χ0) is 80.6. The van der Waals surface area contributed by atoms with Crippen LogP contribution in [0.1, 0.15) is 136 Å². The topological polar surface area (TPSA) is 556 Å². The maximum Gasteiger partial charge on any atom is 0.472 e. The molecule has 0 saturated carbocycles. The summed E-state index contributed by atoms with van der Waals surface area (Å²) in [6.07, 6.45) is -5.54. The molecule has 648 valence electrons. The van der Waals surface area contributed by atoms with Crippen molar-refractivity contribution in [2.75, 3.05) is 178 Å². The van der Waals surface area contributed by atoms with Crippen molar-refractivity contribution in [2.24, 2.45) is 23.2 Å². The minimum absolute atomic E-state index is 0.0205. The van der Waals surface area contributed by atoms with Gasteiger partial charge in [0.2, 0.25) is 5.91 Å². The van der Waals surface area contributed by atoms with Gasteiger partial charge >= 0.3 is 31.1 Å². The van der Waals surface area contributed by atoms with Gasteiger partial charge in [-0.3, -0.25) is 36.5 Å². The summed E-state index contributed by atoms with van der Waals surface area (Å²) >= 11 is 0. The lowest BCUT2D eigenvalue weighted by molar-refractivity contribution is -0.282. The van der Waals surface area contributed by atoms with E-state index < -0.39 is 160 Å². The molecule has 12 unspecified atom stereocenters. The zero-order valence-electron chi connectivity index (χ0n) is 63.7. The predicted molar refractivity (Wildman–Crippen MR) is 385 cm³/mol. The van der Waals surface area contributed by atoms with Crippen molar-refractivity contribution in [3.05, 3.63) is 0 Å². The standard InChI is InChI=1S/C66H131NO38P4/c1-49-57(73)59(75)53(40-69)103-63(49)93-29-12-6-5-11-17-38-106(79,80)96-34-20-26-90-45-66(48-102-109(85,86)101-35-19-25-89-44-52(39-68)43-88-24-18-23-87-4,46-91-27-21-36-99-107(81,82)97-32-15-9-7-13-30-94-64-50(2)58(74)60(76)54(41-70)104-64)47-92-28-22-37-100-108(83,84)98-33-16-10-8-14-31-95-65-56(67-51(3)72)62(78)61(77)55(42-71)105-65/h49-50,52-65,68-71,73-78H,5-48H2,1-4H3,(H,67,72)(H,79,80)(H,81,82)(H,83,84)(H,85,86)/t49?,50?,52?,53?,54?,55?,56?,57-,58-,59+,60+,61+,62-,63-,64-,65-,66?/m1/s1. The van der Waals surface area contributed by atoms with Gasteiger partial charge in [0, 0.05) is 97.4 Å². The largest absolute Gasteiger partial charge is 0.472 e. The summed E-state index contributed by atoms with van der Waals surface area (Å²) in [5, 5.41) is 102. The number of amides is 1. The summed E-state index contributed by atoms with van der Waals surface area (Å²) < 4.78 is 158. The van der Waals surface area contributed by atoms with E-state index in [1.807, 2.05) is 0 Å². The quantitative estimate of drug-likeness (QED) is 0.0306. The molecule has 15 N–H and O–H groups in total. The summed E-state index contributed by atoms with van der Waals surface area (Å²) in [6, 6.07) is -1.09. The van der Waals surface area contributed by atoms with E-state index in [2.05, 4.69) is 5.32 Å². The molecule has 0 aromatic rings. The van der Waals surface area contributed by atoms with E-state index in [1.54, 1.807) is 21.0 Å². The van der Waals surface area contributed by atoms with Gasteiger partial charge in [-0.1, -0.05) is 58.8 Å². The Hall–Kier alpha value is -0.930. The van der Waals surface area contributed by atoms with Gasteiger partial charge in [0.1, 0.15) is 48.8 Å². The molecule has 3 aliphatic heterocycles. The first-order chi connectivity index (χ1) is 52.0. The molecule has 0 aromatic heterocycles. The minimum Gasteiger partial charge on any atom is -0.396 e. The lowest BCUT2D eigenvalue weighted by Gasteiger charge is -2.42. The molecule has 21 atom stereocenters. The summed E-state index contributed by atoms with van der Waals surface area (Å²) in [6.45, 7) is 1.57. The number of phosphoric ester groups is 3. The molecule has 3 rings (SSSR count). The fraction of sp³-hybridized carbons (Fsp3) is 0.985. The first-order valence-electron chi connectivity index (χ1n) is 37.8. The van der Waals surface area contributed by atoms with Gasteiger partial charge in [-0.2, -0.15) is 0 Å². The molecule has 0 bridgehead atoms. The highest BCUT2D eigenvalue weighted by Crippen LogP contribution is 2.47. The number of ether oxygens (including phenoxy) is 12. The van der Waals surface area contributed by atoms with Crippen molar-refractivity contribution < 1.29 is 182 Å². The smallest absolute Gasteiger partial charge is 0.396 e. The Balaban J connectivity index is 1.60. The summed E-state index contributed by atoms with van der Waals surface area (Å²) in [5.41, 5.74) is -1.46. The minimum atomic E-state index is -4.86. The molecular weight excluding hydrogens is 1540 g/mol. The number of phosphoric acid groups is 3. The number of hydrogen-bond donors (Lipinski definition) is 15. The molecule has 3 heterocycles. The SMILES string of the molecule is COCCCOCC(CO)COCCCOP(=O)(O)OCC(COCCCOP(=O)(O)CCCCCCCO[C@@H]1OC(CO)[C@H](O)[C@H](O)C1C)(COCCCOP(=O)(O)OCCCCCCO[C@@H]1OC(CO)[C@H](O)[C@H](O)C1C)COCCCOP(=O)(O)OCCCCCCO[C@@H]1OC(CO)[C@H](O)[C@H](O)C1NC(C)=O. The van der Waals surface area contributed by atoms with Gasteiger partial charge in [0.05, 0.1) is 123 Å². The molecule has 0 radical (unpaired) electrons. The summed E-state index contributed by atoms with van der Waals surface area (Å²) in [5.74, 6) is -1.89. The molecule has 0 aromatic carbocycles. The predicted octanol–water partition coefficient (Wildman–Crippen LogP) is 2.08. The lowest BCUT2D eigenvalue weighted by Crippen LogP contribution is -2.64. The van der Waals surface area contributed by atoms with Crippen LogP contribution in [0.25, 0.3) is 0 Å². The first-order valence-corrected chi connectivity index (χ1v) is 44.0. The van der Waals surface area contributed by atoms with Crippen LogP contribution in [0.15, 0.2) is 0 Å². The van der Waals surface area contributed by atoms with Crippen LogP contribution in [0.4, 0.5) is 0 Å². The highest BCUT2D eigenvalue weighted by molar-refractivity contribution is 7.52. The Bertz CT molecular complexity index is 2430. The third-order valence-electron chi connectivity index (χ3n) is 17.8. The molecule has 0 spiro atoms. The van der Waals surface area contributed by atoms with E-state index in [-0.39, 0.29) is 157 Å². The van der Waals surface area contributed by atoms with Gasteiger partial charge < -0.3 is 137 Å². The molecular formula is C66H131NO38P4. The van der Waals surface area contributed by atoms with E-state index in [0.717, 1.165) is 6.42 Å². The van der Waals surface area contributed by atoms with Crippen LogP contribution in [0.2, 0.25) is 0 Å². The number of aliphatic hydroxyl groups is 10. The van der Waals surface area contributed by atoms with Crippen molar-refractivity contribution >= 4 is 37.0 Å². The molecule has 109 heavy (non-hydrogen) atoms. The second kappa shape index (κ2) is 58.0. The Labute approximate surface area is 640 Å². The number of aliphatic hydroxyl groups excluding tert-OH is 10. The Morgan fingerprint density at radius 1 is 0.394 bits per heavy atom. The molecule has 3 fully saturated rings. The highest BCUT2D eigenvalue weighted by Gasteiger charge is 2.47. The van der Waals surface area contributed by atoms with Crippen LogP contribution >= 0.6 is 31.1 Å². The fourth-order valence-electron chi connectivity index (χ4n) is 11.3. The fourth-order valence-corrected chi connectivity index (χ4v) is 14.9. The Kier molecular flexibility index (Phi) is 54.4. The first kappa shape index (κ1) is 102. The normalized spacial score (nSPS) is 27.9. The van der Waals surface area contributed by atoms with Crippen molar-refractivity contribution in [1.82, 2.24) is 5.32 Å². The van der Waals surface area contributed by atoms with Crippen molar-refractivity contribution in [1.29, 1.82) is 0 Å². The average molecular weight is 1670 g/mol. The number of unbranched alkanes of at least 4 members (excludes halogenated alkanes) is 10. The van der Waals surface area contributed by atoms with Gasteiger partial charge in [-0.05, 0) is 70.6 Å². The molecule has 43 heteroatoms.